The topological polar surface area (TPSA) is 36.0 Å². The Balaban J connectivity index is 2.08. The fourth-order valence-corrected chi connectivity index (χ4v) is 2.20. The van der Waals surface area contributed by atoms with Crippen LogP contribution in [-0.4, -0.2) is 10.1 Å². The second kappa shape index (κ2) is 4.52. The number of H-pyrrole nitrogens is 1. The van der Waals surface area contributed by atoms with Crippen molar-refractivity contribution in [3.05, 3.63) is 60.0 Å². The van der Waals surface area contributed by atoms with Crippen LogP contribution in [0.3, 0.4) is 0 Å². The quantitative estimate of drug-likeness (QED) is 0.712. The van der Waals surface area contributed by atoms with Gasteiger partial charge in [-0.15, -0.1) is 0 Å². The third kappa shape index (κ3) is 2.25. The van der Waals surface area contributed by atoms with Crippen molar-refractivity contribution in [2.45, 2.75) is 13.0 Å². The van der Waals surface area contributed by atoms with E-state index in [4.69, 9.17) is 0 Å². The Labute approximate surface area is 110 Å². The molecule has 0 radical (unpaired) electrons. The first-order chi connectivity index (χ1) is 9.13. The first kappa shape index (κ1) is 11.9. The van der Waals surface area contributed by atoms with Crippen LogP contribution in [-0.2, 0) is 0 Å². The molecule has 96 valence electrons. The molecule has 0 bridgehead atoms. The molecule has 0 saturated carbocycles. The molecule has 0 aliphatic carbocycles. The Hall–Kier alpha value is -2.13. The number of hydrogen-bond acceptors (Lipinski definition) is 1. The molecule has 2 N–H and O–H groups in total. The smallest absolute Gasteiger partial charge is 0.123 e. The van der Waals surface area contributed by atoms with Gasteiger partial charge in [0.25, 0.3) is 0 Å². The highest BCUT2D eigenvalue weighted by molar-refractivity contribution is 5.85. The Kier molecular flexibility index (Phi) is 2.84. The minimum absolute atomic E-state index is 0.233. The standard InChI is InChI=1S/C16H14FNO/c1-10(19)16-9-13-8-12(4-7-15(13)18-16)11-2-5-14(17)6-3-11/h2-10,18-19H,1H3. The molecule has 1 atom stereocenters. The maximum absolute atomic E-state index is 12.9. The molecule has 0 aliphatic rings. The van der Waals surface area contributed by atoms with E-state index in [9.17, 15) is 9.50 Å². The molecule has 0 spiro atoms. The Bertz CT molecular complexity index is 713. The Morgan fingerprint density at radius 3 is 2.37 bits per heavy atom. The van der Waals surface area contributed by atoms with Crippen molar-refractivity contribution >= 4 is 10.9 Å². The second-order valence-electron chi connectivity index (χ2n) is 4.71. The zero-order valence-electron chi connectivity index (χ0n) is 10.5. The molecule has 1 unspecified atom stereocenters. The molecular weight excluding hydrogens is 241 g/mol. The molecule has 19 heavy (non-hydrogen) atoms. The minimum atomic E-state index is -0.512. The number of rotatable bonds is 2. The molecule has 1 heterocycles. The highest BCUT2D eigenvalue weighted by Gasteiger charge is 2.07. The molecule has 2 aromatic carbocycles. The van der Waals surface area contributed by atoms with Crippen molar-refractivity contribution in [3.8, 4) is 11.1 Å². The first-order valence-corrected chi connectivity index (χ1v) is 6.20. The summed E-state index contributed by atoms with van der Waals surface area (Å²) in [5.74, 6) is -0.233. The van der Waals surface area contributed by atoms with Crippen molar-refractivity contribution in [1.29, 1.82) is 0 Å². The van der Waals surface area contributed by atoms with Crippen LogP contribution in [0, 0.1) is 5.82 Å². The lowest BCUT2D eigenvalue weighted by Crippen LogP contribution is -1.88. The van der Waals surface area contributed by atoms with Gasteiger partial charge in [-0.05, 0) is 48.4 Å². The predicted molar refractivity (Wildman–Crippen MR) is 74.3 cm³/mol. The number of benzene rings is 2. The molecule has 3 rings (SSSR count). The zero-order valence-corrected chi connectivity index (χ0v) is 10.5. The van der Waals surface area contributed by atoms with Crippen LogP contribution in [0.5, 0.6) is 0 Å². The number of hydrogen-bond donors (Lipinski definition) is 2. The molecule has 0 fully saturated rings. The Morgan fingerprint density at radius 2 is 1.68 bits per heavy atom. The van der Waals surface area contributed by atoms with Gasteiger partial charge in [0.2, 0.25) is 0 Å². The highest BCUT2D eigenvalue weighted by atomic mass is 19.1. The summed E-state index contributed by atoms with van der Waals surface area (Å²) >= 11 is 0. The van der Waals surface area contributed by atoms with Crippen molar-refractivity contribution in [2.75, 3.05) is 0 Å². The summed E-state index contributed by atoms with van der Waals surface area (Å²) in [6, 6.07) is 14.4. The average Bonchev–Trinajstić information content (AvgIpc) is 2.82. The van der Waals surface area contributed by atoms with Gasteiger partial charge in [-0.25, -0.2) is 4.39 Å². The van der Waals surface area contributed by atoms with Crippen LogP contribution in [0.1, 0.15) is 18.7 Å². The van der Waals surface area contributed by atoms with E-state index in [0.29, 0.717) is 0 Å². The van der Waals surface area contributed by atoms with E-state index in [2.05, 4.69) is 4.98 Å². The van der Waals surface area contributed by atoms with E-state index in [0.717, 1.165) is 27.7 Å². The van der Waals surface area contributed by atoms with E-state index in [-0.39, 0.29) is 5.82 Å². The summed E-state index contributed by atoms with van der Waals surface area (Å²) in [5, 5.41) is 10.6. The van der Waals surface area contributed by atoms with Crippen LogP contribution in [0.25, 0.3) is 22.0 Å². The maximum Gasteiger partial charge on any atom is 0.123 e. The predicted octanol–water partition coefficient (Wildman–Crippen LogP) is 4.03. The summed E-state index contributed by atoms with van der Waals surface area (Å²) in [6.07, 6.45) is -0.512. The summed E-state index contributed by atoms with van der Waals surface area (Å²) in [6.45, 7) is 1.73. The SMILES string of the molecule is CC(O)c1cc2cc(-c3ccc(F)cc3)ccc2[nH]1. The molecular formula is C16H14FNO. The molecule has 0 aliphatic heterocycles. The summed E-state index contributed by atoms with van der Waals surface area (Å²) < 4.78 is 12.9. The van der Waals surface area contributed by atoms with Crippen LogP contribution in [0.4, 0.5) is 4.39 Å². The lowest BCUT2D eigenvalue weighted by molar-refractivity contribution is 0.195. The molecule has 3 aromatic rings. The highest BCUT2D eigenvalue weighted by Crippen LogP contribution is 2.26. The van der Waals surface area contributed by atoms with Gasteiger partial charge in [-0.2, -0.15) is 0 Å². The number of fused-ring (bicyclic) bond motifs is 1. The number of aliphatic hydroxyl groups is 1. The second-order valence-corrected chi connectivity index (χ2v) is 4.71. The van der Waals surface area contributed by atoms with Gasteiger partial charge in [0, 0.05) is 16.6 Å². The van der Waals surface area contributed by atoms with Crippen molar-refractivity contribution in [2.24, 2.45) is 0 Å². The van der Waals surface area contributed by atoms with Crippen molar-refractivity contribution in [3.63, 3.8) is 0 Å². The molecule has 0 amide bonds. The fraction of sp³-hybridized carbons (Fsp3) is 0.125. The van der Waals surface area contributed by atoms with Gasteiger partial charge >= 0.3 is 0 Å². The number of aromatic amines is 1. The van der Waals surface area contributed by atoms with Gasteiger partial charge in [-0.1, -0.05) is 18.2 Å². The number of aliphatic hydroxyl groups excluding tert-OH is 1. The van der Waals surface area contributed by atoms with Crippen molar-refractivity contribution in [1.82, 2.24) is 4.98 Å². The largest absolute Gasteiger partial charge is 0.387 e. The van der Waals surface area contributed by atoms with Crippen LogP contribution in [0.15, 0.2) is 48.5 Å². The van der Waals surface area contributed by atoms with Gasteiger partial charge in [0.15, 0.2) is 0 Å². The van der Waals surface area contributed by atoms with E-state index in [1.807, 2.05) is 24.3 Å². The van der Waals surface area contributed by atoms with Crippen LogP contribution in [0.2, 0.25) is 0 Å². The third-order valence-corrected chi connectivity index (χ3v) is 3.27. The average molecular weight is 255 g/mol. The van der Waals surface area contributed by atoms with Gasteiger partial charge in [0.1, 0.15) is 5.82 Å². The lowest BCUT2D eigenvalue weighted by Gasteiger charge is -2.01. The molecule has 2 nitrogen and oxygen atoms in total. The number of aromatic nitrogens is 1. The zero-order chi connectivity index (χ0) is 13.4. The fourth-order valence-electron chi connectivity index (χ4n) is 2.20. The van der Waals surface area contributed by atoms with Crippen LogP contribution >= 0.6 is 0 Å². The maximum atomic E-state index is 12.9. The summed E-state index contributed by atoms with van der Waals surface area (Å²) in [4.78, 5) is 3.17. The number of nitrogens with one attached hydrogen (secondary N) is 1. The van der Waals surface area contributed by atoms with Crippen LogP contribution < -0.4 is 0 Å². The van der Waals surface area contributed by atoms with E-state index >= 15 is 0 Å². The third-order valence-electron chi connectivity index (χ3n) is 3.27. The van der Waals surface area contributed by atoms with Gasteiger partial charge in [-0.3, -0.25) is 0 Å². The first-order valence-electron chi connectivity index (χ1n) is 6.20. The minimum Gasteiger partial charge on any atom is -0.387 e. The summed E-state index contributed by atoms with van der Waals surface area (Å²) in [7, 11) is 0. The molecule has 1 aromatic heterocycles. The van der Waals surface area contributed by atoms with E-state index in [1.165, 1.54) is 12.1 Å². The molecule has 0 saturated heterocycles. The van der Waals surface area contributed by atoms with Crippen molar-refractivity contribution < 1.29 is 9.50 Å². The van der Waals surface area contributed by atoms with Gasteiger partial charge < -0.3 is 10.1 Å². The number of halogens is 1. The van der Waals surface area contributed by atoms with E-state index < -0.39 is 6.10 Å². The summed E-state index contributed by atoms with van der Waals surface area (Å²) in [5.41, 5.74) is 3.79. The lowest BCUT2D eigenvalue weighted by atomic mass is 10.0. The Morgan fingerprint density at radius 1 is 1.00 bits per heavy atom. The normalized spacial score (nSPS) is 12.8. The molecule has 3 heteroatoms. The van der Waals surface area contributed by atoms with E-state index in [1.54, 1.807) is 19.1 Å². The van der Waals surface area contributed by atoms with Gasteiger partial charge in [0.05, 0.1) is 6.10 Å². The monoisotopic (exact) mass is 255 g/mol.